The van der Waals surface area contributed by atoms with Crippen LogP contribution in [-0.2, 0) is 9.59 Å². The molecule has 8 heteroatoms. The molecule has 2 fully saturated rings. The molecule has 1 aromatic rings. The molecule has 0 bridgehead atoms. The van der Waals surface area contributed by atoms with E-state index in [0.29, 0.717) is 31.5 Å². The van der Waals surface area contributed by atoms with Gasteiger partial charge in [-0.2, -0.15) is 0 Å². The lowest BCUT2D eigenvalue weighted by Gasteiger charge is -2.37. The molecule has 0 radical (unpaired) electrons. The smallest absolute Gasteiger partial charge is 0.248 e. The predicted molar refractivity (Wildman–Crippen MR) is 106 cm³/mol. The van der Waals surface area contributed by atoms with E-state index in [1.54, 1.807) is 23.7 Å². The molecule has 2 heterocycles. The standard InChI is InChI=1S/C21H26N4O4/c22-19(27)14-3-1-2-12(8-14)13-4-7-23-16(9-13)18(26)17-15(20(28)25-29)10-21(5-6-21)11-24-17/h1-4,8,15-17,23-24,29H,5-7,9-11H2,(H2,22,27)(H,25,28)/t15-,16?,17-/m0/s1. The monoisotopic (exact) mass is 398 g/mol. The Hall–Kier alpha value is -2.55. The molecule has 3 atom stereocenters. The third-order valence-electron chi connectivity index (χ3n) is 6.46. The summed E-state index contributed by atoms with van der Waals surface area (Å²) in [6.07, 6.45) is 5.15. The molecule has 1 aromatic carbocycles. The number of Topliss-reactive ketones (excluding diaryl/α,β-unsaturated/α-hetero) is 1. The van der Waals surface area contributed by atoms with Gasteiger partial charge in [0.1, 0.15) is 0 Å². The van der Waals surface area contributed by atoms with E-state index in [9.17, 15) is 14.4 Å². The molecular formula is C21H26N4O4. The Labute approximate surface area is 168 Å². The number of hydrogen-bond donors (Lipinski definition) is 5. The number of amides is 2. The number of carbonyl (C=O) groups is 3. The lowest BCUT2D eigenvalue weighted by atomic mass is 9.78. The number of hydrogen-bond acceptors (Lipinski definition) is 6. The first kappa shape index (κ1) is 19.8. The van der Waals surface area contributed by atoms with E-state index < -0.39 is 29.8 Å². The fraction of sp³-hybridized carbons (Fsp3) is 0.476. The number of nitrogens with two attached hydrogens (primary N) is 1. The number of rotatable bonds is 5. The van der Waals surface area contributed by atoms with Crippen LogP contribution in [0.3, 0.4) is 0 Å². The Morgan fingerprint density at radius 2 is 2.00 bits per heavy atom. The summed E-state index contributed by atoms with van der Waals surface area (Å²) in [6.45, 7) is 1.23. The highest BCUT2D eigenvalue weighted by atomic mass is 16.5. The second kappa shape index (κ2) is 7.70. The van der Waals surface area contributed by atoms with E-state index in [1.165, 1.54) is 0 Å². The van der Waals surface area contributed by atoms with E-state index in [1.807, 2.05) is 12.1 Å². The molecule has 3 aliphatic rings. The summed E-state index contributed by atoms with van der Waals surface area (Å²) in [5, 5.41) is 15.6. The first-order valence-electron chi connectivity index (χ1n) is 9.96. The highest BCUT2D eigenvalue weighted by Gasteiger charge is 2.52. The molecule has 2 aliphatic heterocycles. The van der Waals surface area contributed by atoms with Crippen LogP contribution in [0.4, 0.5) is 0 Å². The topological polar surface area (TPSA) is 134 Å². The Morgan fingerprint density at radius 3 is 2.69 bits per heavy atom. The van der Waals surface area contributed by atoms with Crippen molar-refractivity contribution in [1.29, 1.82) is 0 Å². The number of carbonyl (C=O) groups excluding carboxylic acids is 3. The van der Waals surface area contributed by atoms with Gasteiger partial charge in [-0.25, -0.2) is 5.48 Å². The first-order chi connectivity index (χ1) is 13.9. The largest absolute Gasteiger partial charge is 0.366 e. The fourth-order valence-electron chi connectivity index (χ4n) is 4.53. The van der Waals surface area contributed by atoms with E-state index in [0.717, 1.165) is 24.0 Å². The zero-order valence-corrected chi connectivity index (χ0v) is 16.1. The fourth-order valence-corrected chi connectivity index (χ4v) is 4.53. The average Bonchev–Trinajstić information content (AvgIpc) is 3.51. The summed E-state index contributed by atoms with van der Waals surface area (Å²) in [6, 6.07) is 5.97. The van der Waals surface area contributed by atoms with Crippen LogP contribution in [-0.4, -0.2) is 48.0 Å². The van der Waals surface area contributed by atoms with Crippen molar-refractivity contribution in [3.05, 3.63) is 41.5 Å². The highest BCUT2D eigenvalue weighted by molar-refractivity contribution is 5.96. The van der Waals surface area contributed by atoms with Crippen molar-refractivity contribution in [3.63, 3.8) is 0 Å². The number of ketones is 1. The zero-order valence-electron chi connectivity index (χ0n) is 16.1. The van der Waals surface area contributed by atoms with Crippen molar-refractivity contribution in [3.8, 4) is 0 Å². The van der Waals surface area contributed by atoms with Crippen LogP contribution in [0.2, 0.25) is 0 Å². The Bertz CT molecular complexity index is 877. The highest BCUT2D eigenvalue weighted by Crippen LogP contribution is 2.52. The van der Waals surface area contributed by atoms with Gasteiger partial charge in [0.2, 0.25) is 11.8 Å². The summed E-state index contributed by atoms with van der Waals surface area (Å²) >= 11 is 0. The summed E-state index contributed by atoms with van der Waals surface area (Å²) in [4.78, 5) is 37.0. The van der Waals surface area contributed by atoms with Crippen molar-refractivity contribution in [1.82, 2.24) is 16.1 Å². The molecular weight excluding hydrogens is 372 g/mol. The Kier molecular flexibility index (Phi) is 5.24. The van der Waals surface area contributed by atoms with Gasteiger partial charge in [-0.1, -0.05) is 18.2 Å². The first-order valence-corrected chi connectivity index (χ1v) is 9.96. The van der Waals surface area contributed by atoms with Crippen LogP contribution in [0.5, 0.6) is 0 Å². The maximum absolute atomic E-state index is 13.3. The van der Waals surface area contributed by atoms with Gasteiger partial charge in [0.15, 0.2) is 5.78 Å². The number of benzene rings is 1. The number of piperidine rings is 1. The average molecular weight is 398 g/mol. The molecule has 1 unspecified atom stereocenters. The van der Waals surface area contributed by atoms with E-state index in [-0.39, 0.29) is 11.2 Å². The maximum Gasteiger partial charge on any atom is 0.248 e. The van der Waals surface area contributed by atoms with Crippen LogP contribution in [0.25, 0.3) is 5.57 Å². The lowest BCUT2D eigenvalue weighted by molar-refractivity contribution is -0.140. The van der Waals surface area contributed by atoms with Crippen molar-refractivity contribution in [2.45, 2.75) is 37.8 Å². The van der Waals surface area contributed by atoms with Crippen LogP contribution in [0.1, 0.15) is 41.6 Å². The van der Waals surface area contributed by atoms with Crippen LogP contribution < -0.4 is 21.8 Å². The third-order valence-corrected chi connectivity index (χ3v) is 6.46. The quantitative estimate of drug-likeness (QED) is 0.359. The van der Waals surface area contributed by atoms with Crippen LogP contribution in [0.15, 0.2) is 30.3 Å². The molecule has 1 saturated heterocycles. The van der Waals surface area contributed by atoms with Gasteiger partial charge in [0, 0.05) is 18.7 Å². The molecule has 8 nitrogen and oxygen atoms in total. The molecule has 6 N–H and O–H groups in total. The van der Waals surface area contributed by atoms with E-state index >= 15 is 0 Å². The van der Waals surface area contributed by atoms with Crippen molar-refractivity contribution >= 4 is 23.2 Å². The Balaban J connectivity index is 1.50. The predicted octanol–water partition coefficient (Wildman–Crippen LogP) is 0.364. The van der Waals surface area contributed by atoms with Crippen LogP contribution >= 0.6 is 0 Å². The number of nitrogens with one attached hydrogen (secondary N) is 3. The van der Waals surface area contributed by atoms with Gasteiger partial charge in [-0.3, -0.25) is 19.6 Å². The normalized spacial score (nSPS) is 27.8. The van der Waals surface area contributed by atoms with Gasteiger partial charge < -0.3 is 16.4 Å². The Morgan fingerprint density at radius 1 is 1.21 bits per heavy atom. The van der Waals surface area contributed by atoms with E-state index in [2.05, 4.69) is 10.6 Å². The molecule has 29 heavy (non-hydrogen) atoms. The molecule has 1 aliphatic carbocycles. The summed E-state index contributed by atoms with van der Waals surface area (Å²) in [5.74, 6) is -1.67. The molecule has 1 saturated carbocycles. The maximum atomic E-state index is 13.3. The minimum atomic E-state index is -0.637. The van der Waals surface area contributed by atoms with Crippen LogP contribution in [0, 0.1) is 11.3 Å². The van der Waals surface area contributed by atoms with Crippen molar-refractivity contribution in [2.24, 2.45) is 17.1 Å². The van der Waals surface area contributed by atoms with E-state index in [4.69, 9.17) is 10.9 Å². The molecule has 154 valence electrons. The lowest BCUT2D eigenvalue weighted by Crippen LogP contribution is -2.59. The van der Waals surface area contributed by atoms with Gasteiger partial charge >= 0.3 is 0 Å². The molecule has 0 aromatic heterocycles. The third kappa shape index (κ3) is 3.96. The van der Waals surface area contributed by atoms with Gasteiger partial charge in [-0.05, 0) is 54.4 Å². The number of primary amides is 1. The molecule has 2 amide bonds. The minimum Gasteiger partial charge on any atom is -0.366 e. The SMILES string of the molecule is NC(=O)c1cccc(C2=CCNC(C(=O)[C@H]3NCC4(CC4)C[C@@H]3C(=O)NO)C2)c1. The summed E-state index contributed by atoms with van der Waals surface area (Å²) in [5.41, 5.74) is 9.45. The zero-order chi connectivity index (χ0) is 20.6. The molecule has 4 rings (SSSR count). The second-order valence-electron chi connectivity index (χ2n) is 8.39. The number of hydroxylamine groups is 1. The summed E-state index contributed by atoms with van der Waals surface area (Å²) in [7, 11) is 0. The van der Waals surface area contributed by atoms with Gasteiger partial charge in [-0.15, -0.1) is 0 Å². The molecule has 1 spiro atoms. The minimum absolute atomic E-state index is 0.0780. The second-order valence-corrected chi connectivity index (χ2v) is 8.39. The van der Waals surface area contributed by atoms with Crippen molar-refractivity contribution < 1.29 is 19.6 Å². The van der Waals surface area contributed by atoms with Gasteiger partial charge in [0.05, 0.1) is 18.0 Å². The van der Waals surface area contributed by atoms with Crippen molar-refractivity contribution in [2.75, 3.05) is 13.1 Å². The van der Waals surface area contributed by atoms with Gasteiger partial charge in [0.25, 0.3) is 0 Å². The summed E-state index contributed by atoms with van der Waals surface area (Å²) < 4.78 is 0.